The van der Waals surface area contributed by atoms with Crippen molar-refractivity contribution >= 4 is 0 Å². The predicted molar refractivity (Wildman–Crippen MR) is 76.4 cm³/mol. The van der Waals surface area contributed by atoms with Crippen molar-refractivity contribution in [2.24, 2.45) is 0 Å². The van der Waals surface area contributed by atoms with Crippen molar-refractivity contribution in [3.05, 3.63) is 0 Å². The largest absolute Gasteiger partial charge is 0.219 e. The summed E-state index contributed by atoms with van der Waals surface area (Å²) in [7, 11) is 0. The van der Waals surface area contributed by atoms with Crippen molar-refractivity contribution in [3.63, 3.8) is 0 Å². The van der Waals surface area contributed by atoms with Gasteiger partial charge in [-0.2, -0.15) is 4.89 Å². The molecule has 0 saturated heterocycles. The Morgan fingerprint density at radius 1 is 0.737 bits per heavy atom. The van der Waals surface area contributed by atoms with E-state index in [9.17, 15) is 0 Å². The lowest BCUT2D eigenvalue weighted by Gasteiger charge is -2.30. The summed E-state index contributed by atoms with van der Waals surface area (Å²) in [5, 5.41) is 16.3. The van der Waals surface area contributed by atoms with Crippen LogP contribution in [0.15, 0.2) is 0 Å². The minimum Gasteiger partial charge on any atom is -0.219 e. The first-order valence-corrected chi connectivity index (χ1v) is 7.90. The molecule has 0 radical (unpaired) electrons. The average molecular weight is 276 g/mol. The fraction of sp³-hybridized carbons (Fsp3) is 1.00. The highest BCUT2D eigenvalue weighted by Gasteiger charge is 2.31. The van der Waals surface area contributed by atoms with Gasteiger partial charge in [0.15, 0.2) is 0 Å². The van der Waals surface area contributed by atoms with Gasteiger partial charge < -0.3 is 0 Å². The third kappa shape index (κ3) is 9.38. The van der Waals surface area contributed by atoms with Gasteiger partial charge in [0.2, 0.25) is 0 Å². The zero-order chi connectivity index (χ0) is 14.4. The molecule has 4 nitrogen and oxygen atoms in total. The van der Waals surface area contributed by atoms with Crippen LogP contribution in [0.2, 0.25) is 0 Å². The first-order valence-electron chi connectivity index (χ1n) is 7.90. The van der Waals surface area contributed by atoms with Gasteiger partial charge in [0.25, 0.3) is 0 Å². The molecule has 0 aromatic carbocycles. The Labute approximate surface area is 118 Å². The number of rotatable bonds is 14. The molecule has 0 unspecified atom stereocenters. The van der Waals surface area contributed by atoms with E-state index in [1.165, 1.54) is 32.1 Å². The van der Waals surface area contributed by atoms with Crippen LogP contribution in [-0.2, 0) is 15.0 Å². The van der Waals surface area contributed by atoms with Gasteiger partial charge in [-0.25, -0.2) is 5.26 Å². The normalized spacial score (nSPS) is 12.0. The molecule has 0 aromatic heterocycles. The number of hydrogen-bond acceptors (Lipinski definition) is 4. The van der Waals surface area contributed by atoms with Crippen LogP contribution in [0.4, 0.5) is 0 Å². The quantitative estimate of drug-likeness (QED) is 0.261. The van der Waals surface area contributed by atoms with E-state index in [-0.39, 0.29) is 5.60 Å². The second-order valence-electron chi connectivity index (χ2n) is 5.43. The lowest BCUT2D eigenvalue weighted by molar-refractivity contribution is -0.643. The monoisotopic (exact) mass is 276 g/mol. The maximum absolute atomic E-state index is 8.29. The van der Waals surface area contributed by atoms with E-state index in [4.69, 9.17) is 10.1 Å². The van der Waals surface area contributed by atoms with Crippen molar-refractivity contribution in [2.75, 3.05) is 0 Å². The summed E-state index contributed by atoms with van der Waals surface area (Å²) >= 11 is 0. The van der Waals surface area contributed by atoms with E-state index in [0.29, 0.717) is 0 Å². The van der Waals surface area contributed by atoms with Gasteiger partial charge in [-0.1, -0.05) is 72.1 Å². The van der Waals surface area contributed by atoms with E-state index in [2.05, 4.69) is 30.8 Å². The van der Waals surface area contributed by atoms with Gasteiger partial charge in [-0.15, -0.1) is 0 Å². The van der Waals surface area contributed by atoms with E-state index in [1.807, 2.05) is 0 Å². The van der Waals surface area contributed by atoms with Crippen molar-refractivity contribution in [2.45, 2.75) is 97.0 Å². The Hall–Kier alpha value is -0.160. The maximum Gasteiger partial charge on any atom is 0.107 e. The Morgan fingerprint density at radius 3 is 1.84 bits per heavy atom. The van der Waals surface area contributed by atoms with Gasteiger partial charge in [0.05, 0.1) is 0 Å². The standard InChI is InChI=1S/C15H32O4/c1-4-7-8-9-10-11-14-15(12-5-2,13-6-3)17-19-18-16/h16H,4-14H2,1-3H3. The van der Waals surface area contributed by atoms with Crippen LogP contribution < -0.4 is 0 Å². The molecule has 0 aromatic rings. The highest BCUT2D eigenvalue weighted by Crippen LogP contribution is 2.31. The van der Waals surface area contributed by atoms with E-state index in [1.54, 1.807) is 0 Å². The van der Waals surface area contributed by atoms with Gasteiger partial charge in [0, 0.05) is 0 Å². The Bertz CT molecular complexity index is 179. The topological polar surface area (TPSA) is 47.9 Å². The SMILES string of the molecule is CCCCCCCCC(CCC)(CCC)OOOO. The second-order valence-corrected chi connectivity index (χ2v) is 5.43. The molecule has 0 fully saturated rings. The van der Waals surface area contributed by atoms with E-state index < -0.39 is 0 Å². The summed E-state index contributed by atoms with van der Waals surface area (Å²) < 4.78 is 0. The third-order valence-corrected chi connectivity index (χ3v) is 3.64. The van der Waals surface area contributed by atoms with Crippen molar-refractivity contribution < 1.29 is 20.2 Å². The molecule has 4 heteroatoms. The maximum atomic E-state index is 8.29. The molecule has 0 aliphatic heterocycles. The van der Waals surface area contributed by atoms with Crippen LogP contribution in [0.3, 0.4) is 0 Å². The molecule has 0 rings (SSSR count). The highest BCUT2D eigenvalue weighted by molar-refractivity contribution is 4.78. The fourth-order valence-electron chi connectivity index (χ4n) is 2.73. The molecule has 0 aliphatic rings. The van der Waals surface area contributed by atoms with Crippen LogP contribution in [0.25, 0.3) is 0 Å². The van der Waals surface area contributed by atoms with Crippen LogP contribution in [0.5, 0.6) is 0 Å². The molecule has 0 spiro atoms. The zero-order valence-electron chi connectivity index (χ0n) is 13.0. The molecule has 0 atom stereocenters. The zero-order valence-corrected chi connectivity index (χ0v) is 13.0. The van der Waals surface area contributed by atoms with Gasteiger partial charge in [-0.05, 0) is 29.3 Å². The van der Waals surface area contributed by atoms with Crippen LogP contribution in [0.1, 0.15) is 91.4 Å². The molecule has 0 heterocycles. The molecule has 116 valence electrons. The summed E-state index contributed by atoms with van der Waals surface area (Å²) in [6.07, 6.45) is 12.5. The molecule has 0 bridgehead atoms. The first kappa shape index (κ1) is 18.8. The molecule has 19 heavy (non-hydrogen) atoms. The minimum absolute atomic E-state index is 0.309. The van der Waals surface area contributed by atoms with Crippen molar-refractivity contribution in [3.8, 4) is 0 Å². The summed E-state index contributed by atoms with van der Waals surface area (Å²) in [6, 6.07) is 0. The number of hydrogen-bond donors (Lipinski definition) is 1. The van der Waals surface area contributed by atoms with Crippen LogP contribution in [0, 0.1) is 0 Å². The molecule has 0 amide bonds. The lowest BCUT2D eigenvalue weighted by Crippen LogP contribution is -2.32. The lowest BCUT2D eigenvalue weighted by atomic mass is 9.87. The minimum atomic E-state index is -0.309. The molecular weight excluding hydrogens is 244 g/mol. The summed E-state index contributed by atoms with van der Waals surface area (Å²) in [6.45, 7) is 6.50. The Morgan fingerprint density at radius 2 is 1.32 bits per heavy atom. The fourth-order valence-corrected chi connectivity index (χ4v) is 2.73. The van der Waals surface area contributed by atoms with Gasteiger partial charge >= 0.3 is 0 Å². The molecule has 1 N–H and O–H groups in total. The van der Waals surface area contributed by atoms with E-state index >= 15 is 0 Å². The Balaban J connectivity index is 4.06. The van der Waals surface area contributed by atoms with Gasteiger partial charge in [0.1, 0.15) is 5.60 Å². The third-order valence-electron chi connectivity index (χ3n) is 3.64. The second kappa shape index (κ2) is 12.9. The summed E-state index contributed by atoms with van der Waals surface area (Å²) in [5.41, 5.74) is -0.309. The highest BCUT2D eigenvalue weighted by atomic mass is 17.6. The summed E-state index contributed by atoms with van der Waals surface area (Å²) in [5.74, 6) is 0. The molecule has 0 saturated carbocycles. The average Bonchev–Trinajstić information content (AvgIpc) is 2.41. The van der Waals surface area contributed by atoms with Crippen LogP contribution >= 0.6 is 0 Å². The van der Waals surface area contributed by atoms with Crippen molar-refractivity contribution in [1.82, 2.24) is 0 Å². The Kier molecular flexibility index (Phi) is 12.7. The molecule has 0 aliphatic carbocycles. The van der Waals surface area contributed by atoms with Gasteiger partial charge in [-0.3, -0.25) is 0 Å². The molecular formula is C15H32O4. The van der Waals surface area contributed by atoms with Crippen LogP contribution in [-0.4, -0.2) is 10.9 Å². The van der Waals surface area contributed by atoms with Crippen molar-refractivity contribution in [1.29, 1.82) is 0 Å². The summed E-state index contributed by atoms with van der Waals surface area (Å²) in [4.78, 5) is 5.32. The predicted octanol–water partition coefficient (Wildman–Crippen LogP) is 5.43. The first-order chi connectivity index (χ1) is 9.24. The number of unbranched alkanes of at least 4 members (excludes halogenated alkanes) is 5. The smallest absolute Gasteiger partial charge is 0.107 e. The van der Waals surface area contributed by atoms with E-state index in [0.717, 1.165) is 38.5 Å².